The minimum Gasteiger partial charge on any atom is -0.424 e. The summed E-state index contributed by atoms with van der Waals surface area (Å²) in [5, 5.41) is 19.2. The summed E-state index contributed by atoms with van der Waals surface area (Å²) < 4.78 is 71.4. The van der Waals surface area contributed by atoms with Crippen molar-refractivity contribution < 1.29 is 36.3 Å². The number of carbonyl (C=O) groups excluding carboxylic acids is 1. The highest BCUT2D eigenvalue weighted by Gasteiger charge is 2.39. The van der Waals surface area contributed by atoms with Gasteiger partial charge in [-0.3, -0.25) is 4.79 Å². The fourth-order valence-corrected chi connectivity index (χ4v) is 2.68. The van der Waals surface area contributed by atoms with Gasteiger partial charge in [-0.1, -0.05) is 0 Å². The number of nitrogens with zero attached hydrogens (tertiary/aromatic N) is 2. The van der Waals surface area contributed by atoms with Crippen molar-refractivity contribution in [3.05, 3.63) is 70.9 Å². The number of amides is 1. The average Bonchev–Trinajstić information content (AvgIpc) is 3.09. The molecule has 1 amide bonds. The third-order valence-electron chi connectivity index (χ3n) is 4.05. The minimum atomic E-state index is -5.02. The molecule has 6 nitrogen and oxygen atoms in total. The molecule has 1 atom stereocenters. The predicted octanol–water partition coefficient (Wildman–Crippen LogP) is 3.85. The summed E-state index contributed by atoms with van der Waals surface area (Å²) in [7, 11) is 0. The molecule has 0 fully saturated rings. The van der Waals surface area contributed by atoms with Gasteiger partial charge < -0.3 is 14.8 Å². The van der Waals surface area contributed by atoms with E-state index in [9.17, 15) is 31.9 Å². The number of nitrogens with one attached hydrogen (secondary N) is 1. The van der Waals surface area contributed by atoms with Gasteiger partial charge in [0.15, 0.2) is 6.10 Å². The highest BCUT2D eigenvalue weighted by atomic mass is 19.4. The molecule has 3 aromatic rings. The van der Waals surface area contributed by atoms with E-state index < -0.39 is 35.4 Å². The van der Waals surface area contributed by atoms with Crippen molar-refractivity contribution in [3.8, 4) is 11.1 Å². The number of hydrogen-bond acceptors (Lipinski definition) is 5. The molecule has 0 aliphatic carbocycles. The third kappa shape index (κ3) is 4.79. The van der Waals surface area contributed by atoms with E-state index in [-0.39, 0.29) is 35.0 Å². The minimum absolute atomic E-state index is 0.0668. The zero-order chi connectivity index (χ0) is 22.1. The molecule has 158 valence electrons. The standard InChI is InChI=1S/C19H14F5N3O3/c1-9-26-27-16(30-9)8-25-18(29)12-5-10(14-3-2-13(20)7-15(14)21)4-11(6-12)17(28)19(22,23)24/h2-7,17,28H,8H2,1H3,(H,25,29). The van der Waals surface area contributed by atoms with Gasteiger partial charge in [-0.25, -0.2) is 8.78 Å². The van der Waals surface area contributed by atoms with Crippen molar-refractivity contribution in [2.24, 2.45) is 0 Å². The molecule has 0 saturated heterocycles. The van der Waals surface area contributed by atoms with Gasteiger partial charge in [0, 0.05) is 24.1 Å². The lowest BCUT2D eigenvalue weighted by atomic mass is 9.96. The number of hydrogen-bond donors (Lipinski definition) is 2. The van der Waals surface area contributed by atoms with Crippen LogP contribution < -0.4 is 5.32 Å². The Hall–Kier alpha value is -3.34. The average molecular weight is 427 g/mol. The number of aromatic nitrogens is 2. The van der Waals surface area contributed by atoms with Crippen molar-refractivity contribution in [2.75, 3.05) is 0 Å². The van der Waals surface area contributed by atoms with Crippen molar-refractivity contribution >= 4 is 5.91 Å². The van der Waals surface area contributed by atoms with Gasteiger partial charge >= 0.3 is 6.18 Å². The maximum absolute atomic E-state index is 14.2. The van der Waals surface area contributed by atoms with Crippen LogP contribution in [-0.2, 0) is 6.54 Å². The zero-order valence-corrected chi connectivity index (χ0v) is 15.3. The van der Waals surface area contributed by atoms with Crippen LogP contribution in [0.4, 0.5) is 22.0 Å². The van der Waals surface area contributed by atoms with Crippen LogP contribution in [0, 0.1) is 18.6 Å². The summed E-state index contributed by atoms with van der Waals surface area (Å²) in [6.45, 7) is 1.33. The second kappa shape index (κ2) is 8.19. The van der Waals surface area contributed by atoms with Crippen LogP contribution in [0.2, 0.25) is 0 Å². The number of aryl methyl sites for hydroxylation is 1. The van der Waals surface area contributed by atoms with Crippen molar-refractivity contribution in [2.45, 2.75) is 25.7 Å². The SMILES string of the molecule is Cc1nnc(CNC(=O)c2cc(-c3ccc(F)cc3F)cc(C(O)C(F)(F)F)c2)o1. The van der Waals surface area contributed by atoms with Crippen molar-refractivity contribution in [1.29, 1.82) is 0 Å². The molecule has 1 heterocycles. The largest absolute Gasteiger partial charge is 0.424 e. The molecule has 0 aliphatic heterocycles. The maximum atomic E-state index is 14.2. The molecule has 0 radical (unpaired) electrons. The molecular weight excluding hydrogens is 413 g/mol. The summed E-state index contributed by atoms with van der Waals surface area (Å²) in [5.74, 6) is -2.43. The zero-order valence-electron chi connectivity index (χ0n) is 15.3. The number of aliphatic hydroxyl groups excluding tert-OH is 1. The Labute approximate surface area is 166 Å². The van der Waals surface area contributed by atoms with Crippen LogP contribution in [0.5, 0.6) is 0 Å². The second-order valence-electron chi connectivity index (χ2n) is 6.31. The van der Waals surface area contributed by atoms with Gasteiger partial charge in [0.2, 0.25) is 11.8 Å². The normalized spacial score (nSPS) is 12.6. The first-order valence-corrected chi connectivity index (χ1v) is 8.47. The first kappa shape index (κ1) is 21.4. The van der Waals surface area contributed by atoms with E-state index in [4.69, 9.17) is 4.42 Å². The number of alkyl halides is 3. The molecule has 11 heteroatoms. The van der Waals surface area contributed by atoms with Crippen LogP contribution in [-0.4, -0.2) is 27.4 Å². The Morgan fingerprint density at radius 3 is 2.50 bits per heavy atom. The highest BCUT2D eigenvalue weighted by Crippen LogP contribution is 2.35. The van der Waals surface area contributed by atoms with E-state index >= 15 is 0 Å². The Bertz CT molecular complexity index is 1080. The Kier molecular flexibility index (Phi) is 5.83. The molecule has 0 spiro atoms. The monoisotopic (exact) mass is 427 g/mol. The number of benzene rings is 2. The lowest BCUT2D eigenvalue weighted by Crippen LogP contribution is -2.24. The summed E-state index contributed by atoms with van der Waals surface area (Å²) in [5.41, 5.74) is -1.35. The Balaban J connectivity index is 1.99. The van der Waals surface area contributed by atoms with E-state index in [1.807, 2.05) is 0 Å². The topological polar surface area (TPSA) is 88.2 Å². The first-order chi connectivity index (χ1) is 14.0. The Morgan fingerprint density at radius 2 is 1.90 bits per heavy atom. The van der Waals surface area contributed by atoms with Crippen LogP contribution in [0.1, 0.15) is 33.8 Å². The quantitative estimate of drug-likeness (QED) is 0.604. The smallest absolute Gasteiger partial charge is 0.418 e. The van der Waals surface area contributed by atoms with E-state index in [1.54, 1.807) is 0 Å². The summed E-state index contributed by atoms with van der Waals surface area (Å²) in [4.78, 5) is 12.5. The number of carbonyl (C=O) groups is 1. The third-order valence-corrected chi connectivity index (χ3v) is 4.05. The fraction of sp³-hybridized carbons (Fsp3) is 0.211. The summed E-state index contributed by atoms with van der Waals surface area (Å²) in [6.07, 6.45) is -7.93. The molecular formula is C19H14F5N3O3. The van der Waals surface area contributed by atoms with Crippen LogP contribution in [0.15, 0.2) is 40.8 Å². The van der Waals surface area contributed by atoms with E-state index in [1.165, 1.54) is 6.92 Å². The van der Waals surface area contributed by atoms with Crippen molar-refractivity contribution in [1.82, 2.24) is 15.5 Å². The molecule has 0 aliphatic rings. The van der Waals surface area contributed by atoms with E-state index in [0.29, 0.717) is 6.07 Å². The van der Waals surface area contributed by atoms with Gasteiger partial charge in [0.25, 0.3) is 5.91 Å². The van der Waals surface area contributed by atoms with Crippen LogP contribution in [0.3, 0.4) is 0 Å². The molecule has 2 aromatic carbocycles. The first-order valence-electron chi connectivity index (χ1n) is 8.47. The van der Waals surface area contributed by atoms with Gasteiger partial charge in [-0.15, -0.1) is 10.2 Å². The molecule has 3 rings (SSSR count). The lowest BCUT2D eigenvalue weighted by molar-refractivity contribution is -0.206. The maximum Gasteiger partial charge on any atom is 0.418 e. The molecule has 1 aromatic heterocycles. The lowest BCUT2D eigenvalue weighted by Gasteiger charge is -2.17. The summed E-state index contributed by atoms with van der Waals surface area (Å²) in [6, 6.07) is 5.33. The van der Waals surface area contributed by atoms with Crippen LogP contribution in [0.25, 0.3) is 11.1 Å². The van der Waals surface area contributed by atoms with Gasteiger partial charge in [0.1, 0.15) is 11.6 Å². The Morgan fingerprint density at radius 1 is 1.17 bits per heavy atom. The van der Waals surface area contributed by atoms with Gasteiger partial charge in [0.05, 0.1) is 6.54 Å². The van der Waals surface area contributed by atoms with Gasteiger partial charge in [-0.2, -0.15) is 13.2 Å². The molecule has 30 heavy (non-hydrogen) atoms. The van der Waals surface area contributed by atoms with E-state index in [2.05, 4.69) is 15.5 Å². The fourth-order valence-electron chi connectivity index (χ4n) is 2.68. The van der Waals surface area contributed by atoms with Crippen molar-refractivity contribution in [3.63, 3.8) is 0 Å². The van der Waals surface area contributed by atoms with Gasteiger partial charge in [-0.05, 0) is 41.5 Å². The number of rotatable bonds is 5. The molecule has 0 bridgehead atoms. The number of halogens is 5. The van der Waals surface area contributed by atoms with E-state index in [0.717, 1.165) is 30.3 Å². The molecule has 0 saturated carbocycles. The highest BCUT2D eigenvalue weighted by molar-refractivity contribution is 5.95. The molecule has 1 unspecified atom stereocenters. The second-order valence-corrected chi connectivity index (χ2v) is 6.31. The molecule has 2 N–H and O–H groups in total. The number of aliphatic hydroxyl groups is 1. The van der Waals surface area contributed by atoms with Crippen LogP contribution >= 0.6 is 0 Å². The summed E-state index contributed by atoms with van der Waals surface area (Å²) >= 11 is 0. The predicted molar refractivity (Wildman–Crippen MR) is 93.0 cm³/mol.